The molecule has 1 aliphatic heterocycles. The third-order valence-corrected chi connectivity index (χ3v) is 4.31. The van der Waals surface area contributed by atoms with Crippen LogP contribution >= 0.6 is 0 Å². The summed E-state index contributed by atoms with van der Waals surface area (Å²) in [5.41, 5.74) is 2.84. The van der Waals surface area contributed by atoms with E-state index < -0.39 is 0 Å². The summed E-state index contributed by atoms with van der Waals surface area (Å²) < 4.78 is 20.3. The number of aryl methyl sites for hydroxylation is 2. The molecule has 1 N–H and O–H groups in total. The molecule has 20 heavy (non-hydrogen) atoms. The largest absolute Gasteiger partial charge is 0.378 e. The quantitative estimate of drug-likeness (QED) is 0.882. The normalized spacial score (nSPS) is 24.1. The summed E-state index contributed by atoms with van der Waals surface area (Å²) in [5, 5.41) is 3.49. The zero-order valence-corrected chi connectivity index (χ0v) is 13.0. The molecule has 0 amide bonds. The first-order chi connectivity index (χ1) is 9.58. The number of halogens is 1. The van der Waals surface area contributed by atoms with Crippen LogP contribution in [0.3, 0.4) is 0 Å². The predicted octanol–water partition coefficient (Wildman–Crippen LogP) is 3.91. The van der Waals surface area contributed by atoms with Crippen LogP contribution in [-0.4, -0.2) is 19.3 Å². The molecule has 0 bridgehead atoms. The average Bonchev–Trinajstić information content (AvgIpc) is 2.84. The van der Waals surface area contributed by atoms with Gasteiger partial charge in [-0.1, -0.05) is 19.9 Å². The van der Waals surface area contributed by atoms with E-state index in [9.17, 15) is 4.39 Å². The Kier molecular flexibility index (Phi) is 5.17. The van der Waals surface area contributed by atoms with E-state index in [2.05, 4.69) is 25.2 Å². The van der Waals surface area contributed by atoms with Crippen molar-refractivity contribution in [1.82, 2.24) is 5.32 Å². The first-order valence-corrected chi connectivity index (χ1v) is 7.70. The van der Waals surface area contributed by atoms with Crippen molar-refractivity contribution in [3.63, 3.8) is 0 Å². The first kappa shape index (κ1) is 15.5. The monoisotopic (exact) mass is 279 g/mol. The standard InChI is InChI=1S/C17H26FNO/c1-5-15-13(7-8-20-15)17(19-6-2)16-12(4)9-11(3)10-14(16)18/h9-10,13,15,17,19H,5-8H2,1-4H3. The molecule has 0 radical (unpaired) electrons. The van der Waals surface area contributed by atoms with Gasteiger partial charge in [0.15, 0.2) is 0 Å². The summed E-state index contributed by atoms with van der Waals surface area (Å²) in [6.45, 7) is 9.79. The highest BCUT2D eigenvalue weighted by molar-refractivity contribution is 5.35. The number of rotatable bonds is 5. The summed E-state index contributed by atoms with van der Waals surface area (Å²) in [7, 11) is 0. The maximum Gasteiger partial charge on any atom is 0.128 e. The molecule has 3 heteroatoms. The van der Waals surface area contributed by atoms with Gasteiger partial charge in [-0.2, -0.15) is 0 Å². The molecule has 1 aromatic rings. The zero-order chi connectivity index (χ0) is 14.7. The van der Waals surface area contributed by atoms with Crippen LogP contribution in [0.25, 0.3) is 0 Å². The molecule has 2 rings (SSSR count). The van der Waals surface area contributed by atoms with Crippen LogP contribution < -0.4 is 5.32 Å². The van der Waals surface area contributed by atoms with Crippen LogP contribution in [0.1, 0.15) is 49.4 Å². The van der Waals surface area contributed by atoms with Gasteiger partial charge >= 0.3 is 0 Å². The second-order valence-corrected chi connectivity index (χ2v) is 5.78. The molecule has 112 valence electrons. The van der Waals surface area contributed by atoms with E-state index in [4.69, 9.17) is 4.74 Å². The molecule has 2 nitrogen and oxygen atoms in total. The fraction of sp³-hybridized carbons (Fsp3) is 0.647. The molecule has 0 saturated carbocycles. The highest BCUT2D eigenvalue weighted by Gasteiger charge is 2.35. The van der Waals surface area contributed by atoms with Gasteiger partial charge in [-0.3, -0.25) is 0 Å². The number of hydrogen-bond donors (Lipinski definition) is 1. The summed E-state index contributed by atoms with van der Waals surface area (Å²) in [4.78, 5) is 0. The van der Waals surface area contributed by atoms with Crippen LogP contribution in [0.5, 0.6) is 0 Å². The lowest BCUT2D eigenvalue weighted by Gasteiger charge is -2.30. The summed E-state index contributed by atoms with van der Waals surface area (Å²) >= 11 is 0. The van der Waals surface area contributed by atoms with E-state index in [0.29, 0.717) is 5.92 Å². The molecule has 1 fully saturated rings. The van der Waals surface area contributed by atoms with Crippen LogP contribution in [-0.2, 0) is 4.74 Å². The van der Waals surface area contributed by atoms with E-state index in [1.54, 1.807) is 6.07 Å². The minimum absolute atomic E-state index is 0.0491. The highest BCUT2D eigenvalue weighted by atomic mass is 19.1. The SMILES string of the molecule is CCNC(c1c(C)cc(C)cc1F)C1CCOC1CC. The number of benzene rings is 1. The molecule has 1 aliphatic rings. The van der Waals surface area contributed by atoms with Crippen molar-refractivity contribution in [3.05, 3.63) is 34.6 Å². The molecule has 0 aliphatic carbocycles. The number of ether oxygens (including phenoxy) is 1. The van der Waals surface area contributed by atoms with Crippen molar-refractivity contribution < 1.29 is 9.13 Å². The van der Waals surface area contributed by atoms with Gasteiger partial charge in [0.1, 0.15) is 5.82 Å². The second kappa shape index (κ2) is 6.68. The Labute approximate surface area is 121 Å². The Bertz CT molecular complexity index is 437. The van der Waals surface area contributed by atoms with E-state index in [-0.39, 0.29) is 18.0 Å². The van der Waals surface area contributed by atoms with Gasteiger partial charge in [0.05, 0.1) is 6.10 Å². The fourth-order valence-electron chi connectivity index (χ4n) is 3.48. The summed E-state index contributed by atoms with van der Waals surface area (Å²) in [5.74, 6) is 0.269. The third kappa shape index (κ3) is 3.04. The molecule has 1 saturated heterocycles. The van der Waals surface area contributed by atoms with Crippen LogP contribution in [0.4, 0.5) is 4.39 Å². The minimum atomic E-state index is -0.0878. The molecule has 1 heterocycles. The van der Waals surface area contributed by atoms with Gasteiger partial charge in [0.25, 0.3) is 0 Å². The van der Waals surface area contributed by atoms with Crippen LogP contribution in [0.2, 0.25) is 0 Å². The first-order valence-electron chi connectivity index (χ1n) is 7.70. The lowest BCUT2D eigenvalue weighted by molar-refractivity contribution is 0.0771. The van der Waals surface area contributed by atoms with Crippen LogP contribution in [0.15, 0.2) is 12.1 Å². The maximum absolute atomic E-state index is 14.5. The smallest absolute Gasteiger partial charge is 0.128 e. The lowest BCUT2D eigenvalue weighted by Crippen LogP contribution is -2.34. The van der Waals surface area contributed by atoms with Gasteiger partial charge in [0, 0.05) is 24.1 Å². The van der Waals surface area contributed by atoms with E-state index in [1.807, 2.05) is 13.8 Å². The molecule has 3 atom stereocenters. The Morgan fingerprint density at radius 2 is 2.10 bits per heavy atom. The number of hydrogen-bond acceptors (Lipinski definition) is 2. The van der Waals surface area contributed by atoms with Crippen molar-refractivity contribution in [2.24, 2.45) is 5.92 Å². The Balaban J connectivity index is 2.38. The topological polar surface area (TPSA) is 21.3 Å². The summed E-state index contributed by atoms with van der Waals surface area (Å²) in [6.07, 6.45) is 2.22. The van der Waals surface area contributed by atoms with Gasteiger partial charge in [-0.15, -0.1) is 0 Å². The van der Waals surface area contributed by atoms with Crippen molar-refractivity contribution in [2.45, 2.75) is 52.7 Å². The van der Waals surface area contributed by atoms with E-state index in [0.717, 1.165) is 42.7 Å². The summed E-state index contributed by atoms with van der Waals surface area (Å²) in [6, 6.07) is 3.76. The van der Waals surface area contributed by atoms with Gasteiger partial charge in [-0.05, 0) is 50.4 Å². The fourth-order valence-corrected chi connectivity index (χ4v) is 3.48. The van der Waals surface area contributed by atoms with Crippen molar-refractivity contribution in [3.8, 4) is 0 Å². The maximum atomic E-state index is 14.5. The number of nitrogens with one attached hydrogen (secondary N) is 1. The van der Waals surface area contributed by atoms with Crippen molar-refractivity contribution in [1.29, 1.82) is 0 Å². The van der Waals surface area contributed by atoms with Crippen molar-refractivity contribution >= 4 is 0 Å². The van der Waals surface area contributed by atoms with E-state index >= 15 is 0 Å². The minimum Gasteiger partial charge on any atom is -0.378 e. The van der Waals surface area contributed by atoms with Crippen molar-refractivity contribution in [2.75, 3.05) is 13.2 Å². The Morgan fingerprint density at radius 3 is 2.70 bits per heavy atom. The lowest BCUT2D eigenvalue weighted by atomic mass is 9.84. The van der Waals surface area contributed by atoms with Gasteiger partial charge in [-0.25, -0.2) is 4.39 Å². The van der Waals surface area contributed by atoms with Gasteiger partial charge in [0.2, 0.25) is 0 Å². The third-order valence-electron chi connectivity index (χ3n) is 4.31. The predicted molar refractivity (Wildman–Crippen MR) is 80.4 cm³/mol. The van der Waals surface area contributed by atoms with Gasteiger partial charge < -0.3 is 10.1 Å². The second-order valence-electron chi connectivity index (χ2n) is 5.78. The zero-order valence-electron chi connectivity index (χ0n) is 13.0. The molecular formula is C17H26FNO. The average molecular weight is 279 g/mol. The van der Waals surface area contributed by atoms with E-state index in [1.165, 1.54) is 0 Å². The molecule has 0 aromatic heterocycles. The Hall–Kier alpha value is -0.930. The molecule has 1 aromatic carbocycles. The van der Waals surface area contributed by atoms with Crippen LogP contribution in [0, 0.1) is 25.6 Å². The molecule has 0 spiro atoms. The molecule has 3 unspecified atom stereocenters. The molecular weight excluding hydrogens is 253 g/mol. The Morgan fingerprint density at radius 1 is 1.35 bits per heavy atom. The highest BCUT2D eigenvalue weighted by Crippen LogP contribution is 2.37.